The first-order valence-electron chi connectivity index (χ1n) is 9.36. The molecule has 0 saturated heterocycles. The summed E-state index contributed by atoms with van der Waals surface area (Å²) in [7, 11) is 0. The monoisotopic (exact) mass is 410 g/mol. The minimum Gasteiger partial charge on any atom is -0.494 e. The molecule has 148 valence electrons. The van der Waals surface area contributed by atoms with Gasteiger partial charge >= 0.3 is 0 Å². The number of aliphatic hydroxyl groups excluding tert-OH is 1. The van der Waals surface area contributed by atoms with Crippen molar-refractivity contribution in [1.29, 1.82) is 0 Å². The third kappa shape index (κ3) is 5.78. The van der Waals surface area contributed by atoms with E-state index in [-0.39, 0.29) is 12.0 Å². The van der Waals surface area contributed by atoms with E-state index >= 15 is 0 Å². The van der Waals surface area contributed by atoms with E-state index in [4.69, 9.17) is 37.8 Å². The van der Waals surface area contributed by atoms with Gasteiger partial charge in [-0.1, -0.05) is 62.5 Å². The van der Waals surface area contributed by atoms with Crippen LogP contribution in [0.3, 0.4) is 0 Å². The highest BCUT2D eigenvalue weighted by molar-refractivity contribution is 6.37. The SMILES string of the molecule is CCCCOc1c(Cl)cc(C(C)(C)c2ccc(OCCCO)cc2)cc1Cl. The lowest BCUT2D eigenvalue weighted by Crippen LogP contribution is -2.19. The van der Waals surface area contributed by atoms with E-state index < -0.39 is 0 Å². The van der Waals surface area contributed by atoms with Crippen LogP contribution in [-0.2, 0) is 5.41 Å². The average molecular weight is 411 g/mol. The summed E-state index contributed by atoms with van der Waals surface area (Å²) in [6, 6.07) is 11.8. The maximum atomic E-state index is 8.84. The number of halogens is 2. The second kappa shape index (κ2) is 10.2. The van der Waals surface area contributed by atoms with Crippen molar-refractivity contribution in [3.05, 3.63) is 57.6 Å². The number of hydrogen-bond acceptors (Lipinski definition) is 3. The van der Waals surface area contributed by atoms with Crippen LogP contribution in [0.25, 0.3) is 0 Å². The van der Waals surface area contributed by atoms with Crippen molar-refractivity contribution in [2.24, 2.45) is 0 Å². The first kappa shape index (κ1) is 21.9. The van der Waals surface area contributed by atoms with E-state index in [0.29, 0.717) is 35.4 Å². The molecule has 0 aliphatic heterocycles. The number of rotatable bonds is 10. The van der Waals surface area contributed by atoms with E-state index in [2.05, 4.69) is 20.8 Å². The van der Waals surface area contributed by atoms with E-state index in [1.165, 1.54) is 0 Å². The lowest BCUT2D eigenvalue weighted by Gasteiger charge is -2.27. The van der Waals surface area contributed by atoms with Crippen molar-refractivity contribution in [3.63, 3.8) is 0 Å². The third-order valence-corrected chi connectivity index (χ3v) is 5.17. The Hall–Kier alpha value is -1.42. The Labute approximate surface area is 172 Å². The normalized spacial score (nSPS) is 11.5. The summed E-state index contributed by atoms with van der Waals surface area (Å²) in [6.07, 6.45) is 2.64. The minimum absolute atomic E-state index is 0.130. The van der Waals surface area contributed by atoms with Gasteiger partial charge < -0.3 is 14.6 Å². The van der Waals surface area contributed by atoms with E-state index in [0.717, 1.165) is 29.7 Å². The minimum atomic E-state index is -0.279. The molecule has 0 amide bonds. The van der Waals surface area contributed by atoms with Gasteiger partial charge in [0.25, 0.3) is 0 Å². The molecule has 0 aliphatic carbocycles. The predicted molar refractivity (Wildman–Crippen MR) is 113 cm³/mol. The average Bonchev–Trinajstić information content (AvgIpc) is 2.64. The van der Waals surface area contributed by atoms with Gasteiger partial charge in [0.15, 0.2) is 5.75 Å². The molecule has 0 radical (unpaired) electrons. The van der Waals surface area contributed by atoms with Crippen molar-refractivity contribution in [3.8, 4) is 11.5 Å². The molecule has 5 heteroatoms. The van der Waals surface area contributed by atoms with Gasteiger partial charge in [0.05, 0.1) is 23.3 Å². The van der Waals surface area contributed by atoms with Crippen LogP contribution < -0.4 is 9.47 Å². The molecule has 0 unspecified atom stereocenters. The highest BCUT2D eigenvalue weighted by atomic mass is 35.5. The second-order valence-electron chi connectivity index (χ2n) is 7.05. The van der Waals surface area contributed by atoms with E-state index in [9.17, 15) is 0 Å². The Morgan fingerprint density at radius 1 is 0.889 bits per heavy atom. The first-order valence-corrected chi connectivity index (χ1v) is 10.1. The highest BCUT2D eigenvalue weighted by Crippen LogP contribution is 2.40. The summed E-state index contributed by atoms with van der Waals surface area (Å²) in [5, 5.41) is 9.90. The molecule has 2 aromatic rings. The summed E-state index contributed by atoms with van der Waals surface area (Å²) in [6.45, 7) is 7.62. The maximum absolute atomic E-state index is 8.84. The molecule has 0 aliphatic rings. The first-order chi connectivity index (χ1) is 12.9. The summed E-state index contributed by atoms with van der Waals surface area (Å²) >= 11 is 12.9. The van der Waals surface area contributed by atoms with Gasteiger partial charge in [0.1, 0.15) is 5.75 Å². The van der Waals surface area contributed by atoms with Crippen molar-refractivity contribution < 1.29 is 14.6 Å². The zero-order chi connectivity index (χ0) is 19.9. The van der Waals surface area contributed by atoms with Crippen molar-refractivity contribution in [2.45, 2.75) is 45.4 Å². The van der Waals surface area contributed by atoms with Crippen LogP contribution >= 0.6 is 23.2 Å². The number of unbranched alkanes of at least 4 members (excludes halogenated alkanes) is 1. The lowest BCUT2D eigenvalue weighted by atomic mass is 9.78. The largest absolute Gasteiger partial charge is 0.494 e. The third-order valence-electron chi connectivity index (χ3n) is 4.61. The van der Waals surface area contributed by atoms with Crippen LogP contribution in [0.1, 0.15) is 51.2 Å². The van der Waals surface area contributed by atoms with Gasteiger partial charge in [-0.25, -0.2) is 0 Å². The van der Waals surface area contributed by atoms with Crippen molar-refractivity contribution >= 4 is 23.2 Å². The number of hydrogen-bond donors (Lipinski definition) is 1. The summed E-state index contributed by atoms with van der Waals surface area (Å²) in [5.74, 6) is 1.35. The zero-order valence-electron chi connectivity index (χ0n) is 16.2. The Morgan fingerprint density at radius 3 is 2.04 bits per heavy atom. The quantitative estimate of drug-likeness (QED) is 0.469. The molecule has 2 rings (SSSR count). The summed E-state index contributed by atoms with van der Waals surface area (Å²) < 4.78 is 11.3. The van der Waals surface area contributed by atoms with Crippen molar-refractivity contribution in [2.75, 3.05) is 19.8 Å². The molecule has 0 spiro atoms. The van der Waals surface area contributed by atoms with Crippen molar-refractivity contribution in [1.82, 2.24) is 0 Å². The van der Waals surface area contributed by atoms with Crippen LogP contribution in [-0.4, -0.2) is 24.9 Å². The van der Waals surface area contributed by atoms with Gasteiger partial charge in [-0.15, -0.1) is 0 Å². The Balaban J connectivity index is 2.20. The van der Waals surface area contributed by atoms with Gasteiger partial charge in [-0.05, 0) is 41.8 Å². The molecule has 0 atom stereocenters. The topological polar surface area (TPSA) is 38.7 Å². The van der Waals surface area contributed by atoms with Crippen LogP contribution in [0.2, 0.25) is 10.0 Å². The predicted octanol–water partition coefficient (Wildman–Crippen LogP) is 6.26. The lowest BCUT2D eigenvalue weighted by molar-refractivity contribution is 0.233. The van der Waals surface area contributed by atoms with E-state index in [1.807, 2.05) is 36.4 Å². The molecule has 1 N–H and O–H groups in total. The smallest absolute Gasteiger partial charge is 0.156 e. The van der Waals surface area contributed by atoms with Gasteiger partial charge in [0, 0.05) is 18.4 Å². The molecule has 27 heavy (non-hydrogen) atoms. The summed E-state index contributed by atoms with van der Waals surface area (Å²) in [5.41, 5.74) is 1.87. The Morgan fingerprint density at radius 2 is 1.48 bits per heavy atom. The summed E-state index contributed by atoms with van der Waals surface area (Å²) in [4.78, 5) is 0. The number of ether oxygens (including phenoxy) is 2. The number of benzene rings is 2. The zero-order valence-corrected chi connectivity index (χ0v) is 17.7. The molecule has 0 aromatic heterocycles. The molecule has 0 heterocycles. The standard InChI is InChI=1S/C22H28Cl2O3/c1-4-5-12-27-21-19(23)14-17(15-20(21)24)22(2,3)16-7-9-18(10-8-16)26-13-6-11-25/h7-10,14-15,25H,4-6,11-13H2,1-3H3. The second-order valence-corrected chi connectivity index (χ2v) is 7.86. The molecular weight excluding hydrogens is 383 g/mol. The van der Waals surface area contributed by atoms with Crippen LogP contribution in [0, 0.1) is 0 Å². The van der Waals surface area contributed by atoms with Gasteiger partial charge in [-0.3, -0.25) is 0 Å². The molecular formula is C22H28Cl2O3. The molecule has 0 saturated carbocycles. The fraction of sp³-hybridized carbons (Fsp3) is 0.455. The molecule has 2 aromatic carbocycles. The number of aliphatic hydroxyl groups is 1. The van der Waals surface area contributed by atoms with Crippen LogP contribution in [0.4, 0.5) is 0 Å². The molecule has 0 fully saturated rings. The fourth-order valence-electron chi connectivity index (χ4n) is 2.77. The highest BCUT2D eigenvalue weighted by Gasteiger charge is 2.25. The van der Waals surface area contributed by atoms with Gasteiger partial charge in [-0.2, -0.15) is 0 Å². The van der Waals surface area contributed by atoms with Crippen LogP contribution in [0.15, 0.2) is 36.4 Å². The fourth-order valence-corrected chi connectivity index (χ4v) is 3.36. The van der Waals surface area contributed by atoms with Gasteiger partial charge in [0.2, 0.25) is 0 Å². The van der Waals surface area contributed by atoms with E-state index in [1.54, 1.807) is 0 Å². The van der Waals surface area contributed by atoms with Crippen LogP contribution in [0.5, 0.6) is 11.5 Å². The Bertz CT molecular complexity index is 704. The maximum Gasteiger partial charge on any atom is 0.156 e. The molecule has 0 bridgehead atoms. The molecule has 3 nitrogen and oxygen atoms in total. The Kier molecular flexibility index (Phi) is 8.28.